The Balaban J connectivity index is 1.54. The number of rotatable bonds is 6. The number of carbonyl (C=O) groups is 2. The van der Waals surface area contributed by atoms with Crippen LogP contribution in [0.3, 0.4) is 0 Å². The normalized spacial score (nSPS) is 14.9. The fourth-order valence-electron chi connectivity index (χ4n) is 4.66. The van der Waals surface area contributed by atoms with Crippen LogP contribution >= 0.6 is 11.6 Å². The minimum Gasteiger partial charge on any atom is -0.353 e. The lowest BCUT2D eigenvalue weighted by Crippen LogP contribution is -2.38. The smallest absolute Gasteiger partial charge is 0.353 e. The number of nitrogens with one attached hydrogen (secondary N) is 1. The van der Waals surface area contributed by atoms with E-state index in [-0.39, 0.29) is 29.8 Å². The molecule has 0 radical (unpaired) electrons. The third kappa shape index (κ3) is 5.46. The summed E-state index contributed by atoms with van der Waals surface area (Å²) in [5.41, 5.74) is 6.18. The van der Waals surface area contributed by atoms with E-state index >= 15 is 0 Å². The Morgan fingerprint density at radius 1 is 1.11 bits per heavy atom. The van der Waals surface area contributed by atoms with E-state index in [1.165, 1.54) is 12.1 Å². The predicted molar refractivity (Wildman–Crippen MR) is 128 cm³/mol. The molecule has 1 aliphatic heterocycles. The lowest BCUT2D eigenvalue weighted by molar-refractivity contribution is -0.138. The molecular formula is C25H26ClF3N4O2. The highest BCUT2D eigenvalue weighted by molar-refractivity contribution is 6.31. The van der Waals surface area contributed by atoms with Crippen LogP contribution < -0.4 is 11.1 Å². The van der Waals surface area contributed by atoms with Crippen LogP contribution in [0.2, 0.25) is 5.02 Å². The highest BCUT2D eigenvalue weighted by Gasteiger charge is 2.36. The molecule has 1 fully saturated rings. The zero-order chi connectivity index (χ0) is 25.2. The Kier molecular flexibility index (Phi) is 7.37. The van der Waals surface area contributed by atoms with Gasteiger partial charge >= 0.3 is 6.18 Å². The Morgan fingerprint density at radius 2 is 1.83 bits per heavy atom. The van der Waals surface area contributed by atoms with E-state index in [0.29, 0.717) is 60.5 Å². The molecule has 2 heterocycles. The first-order valence-electron chi connectivity index (χ1n) is 11.4. The number of amides is 2. The van der Waals surface area contributed by atoms with Gasteiger partial charge in [0.05, 0.1) is 16.6 Å². The number of nitrogens with two attached hydrogens (primary N) is 1. The number of fused-ring (bicyclic) bond motifs is 1. The number of hydrogen-bond donors (Lipinski definition) is 2. The van der Waals surface area contributed by atoms with Gasteiger partial charge in [-0.15, -0.1) is 0 Å². The van der Waals surface area contributed by atoms with Crippen molar-refractivity contribution in [3.05, 3.63) is 70.4 Å². The molecule has 0 aliphatic carbocycles. The molecule has 3 aromatic rings. The van der Waals surface area contributed by atoms with Gasteiger partial charge in [0, 0.05) is 42.8 Å². The van der Waals surface area contributed by atoms with Crippen LogP contribution in [-0.2, 0) is 17.5 Å². The van der Waals surface area contributed by atoms with Crippen molar-refractivity contribution in [2.45, 2.75) is 31.5 Å². The predicted octanol–water partition coefficient (Wildman–Crippen LogP) is 4.41. The lowest BCUT2D eigenvalue weighted by atomic mass is 9.86. The summed E-state index contributed by atoms with van der Waals surface area (Å²) in [4.78, 5) is 27.3. The minimum atomic E-state index is -4.41. The van der Waals surface area contributed by atoms with Crippen molar-refractivity contribution in [3.63, 3.8) is 0 Å². The average Bonchev–Trinajstić information content (AvgIpc) is 3.19. The van der Waals surface area contributed by atoms with Gasteiger partial charge in [-0.25, -0.2) is 0 Å². The molecule has 1 saturated heterocycles. The van der Waals surface area contributed by atoms with Gasteiger partial charge in [0.15, 0.2) is 0 Å². The van der Waals surface area contributed by atoms with Crippen molar-refractivity contribution in [1.29, 1.82) is 0 Å². The molecule has 0 saturated carbocycles. The summed E-state index contributed by atoms with van der Waals surface area (Å²) in [6.45, 7) is 1.34. The first kappa shape index (κ1) is 25.1. The van der Waals surface area contributed by atoms with Crippen LogP contribution in [-0.4, -0.2) is 47.5 Å². The fraction of sp³-hybridized carbons (Fsp3) is 0.360. The first-order chi connectivity index (χ1) is 16.7. The van der Waals surface area contributed by atoms with Gasteiger partial charge in [0.25, 0.3) is 5.91 Å². The minimum absolute atomic E-state index is 0.000419. The molecule has 0 spiro atoms. The van der Waals surface area contributed by atoms with Crippen molar-refractivity contribution in [3.8, 4) is 0 Å². The van der Waals surface area contributed by atoms with Crippen LogP contribution in [0.15, 0.2) is 48.7 Å². The third-order valence-electron chi connectivity index (χ3n) is 6.34. The van der Waals surface area contributed by atoms with Crippen molar-refractivity contribution in [2.75, 3.05) is 26.2 Å². The quantitative estimate of drug-likeness (QED) is 0.520. The third-order valence-corrected chi connectivity index (χ3v) is 6.58. The molecule has 186 valence electrons. The molecule has 6 nitrogen and oxygen atoms in total. The van der Waals surface area contributed by atoms with Crippen LogP contribution in [0.1, 0.15) is 40.2 Å². The molecule has 10 heteroatoms. The maximum atomic E-state index is 13.5. The van der Waals surface area contributed by atoms with E-state index in [1.54, 1.807) is 39.9 Å². The molecule has 1 aliphatic rings. The summed E-state index contributed by atoms with van der Waals surface area (Å²) < 4.78 is 42.0. The second-order valence-electron chi connectivity index (χ2n) is 8.62. The Hall–Kier alpha value is -3.04. The Labute approximate surface area is 205 Å². The van der Waals surface area contributed by atoms with E-state index in [1.807, 2.05) is 0 Å². The number of piperidine rings is 1. The number of hydrogen-bond acceptors (Lipinski definition) is 3. The van der Waals surface area contributed by atoms with Crippen LogP contribution in [0.25, 0.3) is 10.9 Å². The van der Waals surface area contributed by atoms with Crippen LogP contribution in [0.5, 0.6) is 0 Å². The number of carbonyl (C=O) groups excluding carboxylic acids is 2. The van der Waals surface area contributed by atoms with Crippen molar-refractivity contribution in [1.82, 2.24) is 14.8 Å². The largest absolute Gasteiger partial charge is 0.416 e. The maximum absolute atomic E-state index is 13.5. The van der Waals surface area contributed by atoms with Crippen molar-refractivity contribution < 1.29 is 22.8 Å². The lowest BCUT2D eigenvalue weighted by Gasteiger charge is -2.33. The van der Waals surface area contributed by atoms with Gasteiger partial charge < -0.3 is 20.5 Å². The maximum Gasteiger partial charge on any atom is 0.416 e. The molecule has 35 heavy (non-hydrogen) atoms. The standard InChI is InChI=1S/C25H26ClF3N4O2/c26-17-5-6-19-20(14-33(22(19)13-17)15-23(34)31-10-9-30)24(35)32-11-7-16(8-12-32)18-3-1-2-4-21(18)25(27,28)29/h1-6,13-14,16H,7-12,15,30H2,(H,31,34). The number of alkyl halides is 3. The molecule has 2 amide bonds. The molecule has 2 aromatic carbocycles. The SMILES string of the molecule is NCCNC(=O)Cn1cc(C(=O)N2CCC(c3ccccc3C(F)(F)F)CC2)c2ccc(Cl)cc21. The zero-order valence-corrected chi connectivity index (χ0v) is 19.7. The van der Waals surface area contributed by atoms with E-state index in [4.69, 9.17) is 17.3 Å². The summed E-state index contributed by atoms with van der Waals surface area (Å²) >= 11 is 6.16. The fourth-order valence-corrected chi connectivity index (χ4v) is 4.83. The molecule has 1 aromatic heterocycles. The number of benzene rings is 2. The van der Waals surface area contributed by atoms with Gasteiger partial charge in [-0.2, -0.15) is 13.2 Å². The first-order valence-corrected chi connectivity index (χ1v) is 11.8. The van der Waals surface area contributed by atoms with E-state index in [9.17, 15) is 22.8 Å². The van der Waals surface area contributed by atoms with Crippen molar-refractivity contribution in [2.24, 2.45) is 5.73 Å². The highest BCUT2D eigenvalue weighted by Crippen LogP contribution is 2.39. The average molecular weight is 507 g/mol. The monoisotopic (exact) mass is 506 g/mol. The molecule has 0 unspecified atom stereocenters. The summed E-state index contributed by atoms with van der Waals surface area (Å²) in [7, 11) is 0. The second kappa shape index (κ2) is 10.3. The van der Waals surface area contributed by atoms with Gasteiger partial charge in [-0.1, -0.05) is 35.9 Å². The number of nitrogens with zero attached hydrogens (tertiary/aromatic N) is 2. The second-order valence-corrected chi connectivity index (χ2v) is 9.06. The summed E-state index contributed by atoms with van der Waals surface area (Å²) in [5.74, 6) is -0.736. The summed E-state index contributed by atoms with van der Waals surface area (Å²) in [6.07, 6.45) is -1.91. The molecule has 3 N–H and O–H groups in total. The molecule has 4 rings (SSSR count). The Morgan fingerprint density at radius 3 is 2.51 bits per heavy atom. The highest BCUT2D eigenvalue weighted by atomic mass is 35.5. The summed E-state index contributed by atoms with van der Waals surface area (Å²) in [6, 6.07) is 10.8. The number of halogens is 4. The Bertz CT molecular complexity index is 1230. The van der Waals surface area contributed by atoms with Gasteiger partial charge in [0.2, 0.25) is 5.91 Å². The van der Waals surface area contributed by atoms with Gasteiger partial charge in [-0.3, -0.25) is 9.59 Å². The zero-order valence-electron chi connectivity index (χ0n) is 18.9. The topological polar surface area (TPSA) is 80.4 Å². The molecule has 0 bridgehead atoms. The van der Waals surface area contributed by atoms with E-state index in [2.05, 4.69) is 5.32 Å². The van der Waals surface area contributed by atoms with Crippen molar-refractivity contribution >= 4 is 34.3 Å². The van der Waals surface area contributed by atoms with E-state index < -0.39 is 11.7 Å². The molecular weight excluding hydrogens is 481 g/mol. The van der Waals surface area contributed by atoms with Gasteiger partial charge in [-0.05, 0) is 42.5 Å². The van der Waals surface area contributed by atoms with Crippen LogP contribution in [0, 0.1) is 0 Å². The van der Waals surface area contributed by atoms with Crippen LogP contribution in [0.4, 0.5) is 13.2 Å². The molecule has 0 atom stereocenters. The number of aromatic nitrogens is 1. The summed E-state index contributed by atoms with van der Waals surface area (Å²) in [5, 5.41) is 3.84. The van der Waals surface area contributed by atoms with Gasteiger partial charge in [0.1, 0.15) is 6.54 Å². The van der Waals surface area contributed by atoms with E-state index in [0.717, 1.165) is 6.07 Å². The number of likely N-dealkylation sites (tertiary alicyclic amines) is 1.